The Labute approximate surface area is 496 Å². The van der Waals surface area contributed by atoms with Gasteiger partial charge in [0.05, 0.1) is 0 Å². The first-order chi connectivity index (χ1) is 36.3. The molecule has 2 aromatic heterocycles. The Kier molecular flexibility index (Phi) is 15.4. The largest absolute Gasteiger partial charge is 0.208 e. The van der Waals surface area contributed by atoms with Crippen molar-refractivity contribution in [1.82, 2.24) is 15.0 Å². The minimum Gasteiger partial charge on any atom is -0.208 e. The lowest BCUT2D eigenvalue weighted by molar-refractivity contribution is 1.08. The molecule has 288 valence electrons. The number of hydrogen-bond acceptors (Lipinski definition) is 4. The van der Waals surface area contributed by atoms with Crippen molar-refractivity contribution >= 4 is 417 Å². The Morgan fingerprint density at radius 1 is 0.154 bits per heavy atom. The van der Waals surface area contributed by atoms with Crippen LogP contribution < -0.4 is 158 Å². The van der Waals surface area contributed by atoms with E-state index in [1.807, 2.05) is 0 Å². The summed E-state index contributed by atoms with van der Waals surface area (Å²) in [5, 5.41) is 0.598. The molecule has 0 atom stereocenters. The third kappa shape index (κ3) is 8.30. The minimum absolute atomic E-state index is 0.0175. The van der Waals surface area contributed by atoms with Gasteiger partial charge in [-0.2, -0.15) is 0 Å². The Balaban J connectivity index is 1.39. The molecule has 58 radical (unpaired) electrons. The quantitative estimate of drug-likeness (QED) is 0.156. The van der Waals surface area contributed by atoms with E-state index >= 15 is 0 Å². The molecular weight excluding hydrogens is 928 g/mol. The summed E-state index contributed by atoms with van der Waals surface area (Å²) in [5.41, 5.74) is -5.24. The summed E-state index contributed by atoms with van der Waals surface area (Å²) in [6.07, 6.45) is 0. The highest BCUT2D eigenvalue weighted by atomic mass is 32.1. The maximum Gasteiger partial charge on any atom is 0.162 e. The lowest BCUT2D eigenvalue weighted by Gasteiger charge is -2.29. The van der Waals surface area contributed by atoms with Crippen LogP contribution in [0.1, 0.15) is 0 Å². The second kappa shape index (κ2) is 20.6. The van der Waals surface area contributed by atoms with Crippen molar-refractivity contribution in [3.8, 4) is 67.5 Å². The molecule has 0 bridgehead atoms. The highest BCUT2D eigenvalue weighted by molar-refractivity contribution is 7.28. The molecule has 33 heteroatoms. The van der Waals surface area contributed by atoms with Crippen molar-refractivity contribution < 1.29 is 0 Å². The van der Waals surface area contributed by atoms with Crippen molar-refractivity contribution in [2.45, 2.75) is 0 Å². The van der Waals surface area contributed by atoms with E-state index in [-0.39, 0.29) is 226 Å². The lowest BCUT2D eigenvalue weighted by atomic mass is 9.56. The average Bonchev–Trinajstić information content (AvgIpc) is 3.89. The Morgan fingerprint density at radius 2 is 0.321 bits per heavy atom. The second-order valence-corrected chi connectivity index (χ2v) is 19.2. The first-order valence-electron chi connectivity index (χ1n) is 22.4. The number of aromatic nitrogens is 3. The van der Waals surface area contributed by atoms with Crippen LogP contribution in [0.4, 0.5) is 0 Å². The molecule has 0 spiro atoms. The summed E-state index contributed by atoms with van der Waals surface area (Å²) in [4.78, 5) is 14.3. The molecule has 0 amide bonds. The summed E-state index contributed by atoms with van der Waals surface area (Å²) in [6.45, 7) is 0. The smallest absolute Gasteiger partial charge is 0.162 e. The number of rotatable bonds is 6. The van der Waals surface area contributed by atoms with Crippen molar-refractivity contribution in [2.24, 2.45) is 0 Å². The molecular formula is C45B29N3S. The van der Waals surface area contributed by atoms with Gasteiger partial charge in [-0.15, -0.1) is 60.5 Å². The predicted molar refractivity (Wildman–Crippen MR) is 362 cm³/mol. The number of benzene rings is 7. The molecule has 0 unspecified atom stereocenters. The van der Waals surface area contributed by atoms with E-state index in [1.165, 1.54) is 0 Å². The summed E-state index contributed by atoms with van der Waals surface area (Å²) < 4.78 is 0.763. The predicted octanol–water partition coefficient (Wildman–Crippen LogP) is -22.7. The summed E-state index contributed by atoms with van der Waals surface area (Å²) in [7, 11) is 191. The molecule has 0 aliphatic carbocycles. The zero-order chi connectivity index (χ0) is 57.8. The van der Waals surface area contributed by atoms with Gasteiger partial charge in [0, 0.05) is 31.5 Å². The Morgan fingerprint density at radius 3 is 0.603 bits per heavy atom. The summed E-state index contributed by atoms with van der Waals surface area (Å²) in [5.74, 6) is -1.15. The van der Waals surface area contributed by atoms with Gasteiger partial charge in [-0.05, 0) is 38.8 Å². The number of hydrogen-bond donors (Lipinski definition) is 0. The van der Waals surface area contributed by atoms with Gasteiger partial charge in [0.25, 0.3) is 0 Å². The van der Waals surface area contributed by atoms with Gasteiger partial charge in [0.15, 0.2) is 17.5 Å². The number of fused-ring (bicyclic) bond motifs is 3. The normalized spacial score (nSPS) is 11.5. The van der Waals surface area contributed by atoms with E-state index < -0.39 is 0 Å². The lowest BCUT2D eigenvalue weighted by Crippen LogP contribution is -2.57. The highest BCUT2D eigenvalue weighted by Gasteiger charge is 2.29. The van der Waals surface area contributed by atoms with Crippen LogP contribution in [0, 0.1) is 0 Å². The summed E-state index contributed by atoms with van der Waals surface area (Å²) >= 11 is 1.11. The van der Waals surface area contributed by atoms with Crippen LogP contribution in [-0.2, 0) is 0 Å². The fraction of sp³-hybridized carbons (Fsp3) is 0. The van der Waals surface area contributed by atoms with Crippen molar-refractivity contribution in [1.29, 1.82) is 0 Å². The maximum atomic E-state index is 7.04. The van der Waals surface area contributed by atoms with Crippen molar-refractivity contribution in [2.75, 3.05) is 0 Å². The first kappa shape index (κ1) is 58.3. The monoisotopic (exact) mass is 933 g/mol. The Hall–Kier alpha value is -4.35. The molecule has 3 nitrogen and oxygen atoms in total. The molecule has 7 aromatic carbocycles. The number of nitrogens with zero attached hydrogens (tertiary/aromatic N) is 3. The molecule has 78 heavy (non-hydrogen) atoms. The van der Waals surface area contributed by atoms with Crippen LogP contribution in [0.2, 0.25) is 0 Å². The van der Waals surface area contributed by atoms with Crippen molar-refractivity contribution in [3.05, 3.63) is 0 Å². The summed E-state index contributed by atoms with van der Waals surface area (Å²) in [6, 6.07) is 0. The second-order valence-electron chi connectivity index (χ2n) is 18.2. The van der Waals surface area contributed by atoms with E-state index in [1.54, 1.807) is 0 Å². The van der Waals surface area contributed by atoms with Crippen LogP contribution in [0.25, 0.3) is 87.7 Å². The van der Waals surface area contributed by atoms with Crippen LogP contribution in [0.15, 0.2) is 0 Å². The van der Waals surface area contributed by atoms with Gasteiger partial charge in [-0.3, -0.25) is 0 Å². The molecule has 0 aliphatic rings. The zero-order valence-corrected chi connectivity index (χ0v) is 41.8. The zero-order valence-electron chi connectivity index (χ0n) is 41.0. The molecule has 0 saturated heterocycles. The van der Waals surface area contributed by atoms with Crippen LogP contribution in [0.5, 0.6) is 0 Å². The van der Waals surface area contributed by atoms with E-state index in [4.69, 9.17) is 242 Å². The molecule has 9 rings (SSSR count). The van der Waals surface area contributed by atoms with Gasteiger partial charge in [0.1, 0.15) is 228 Å². The minimum atomic E-state index is -0.383. The third-order valence-corrected chi connectivity index (χ3v) is 15.3. The van der Waals surface area contributed by atoms with Gasteiger partial charge < -0.3 is 0 Å². The molecule has 9 aromatic rings. The Bertz CT molecular complexity index is 3970. The topological polar surface area (TPSA) is 38.7 Å². The van der Waals surface area contributed by atoms with Gasteiger partial charge in [0.2, 0.25) is 0 Å². The van der Waals surface area contributed by atoms with Crippen molar-refractivity contribution in [3.63, 3.8) is 0 Å². The van der Waals surface area contributed by atoms with Crippen LogP contribution in [0.3, 0.4) is 0 Å². The molecule has 0 aliphatic heterocycles. The standard InChI is InChI=1S/C45B29N3S/c46-12-1(2-8-23(57)34(68)38(72)40(74)42(8)78-41(2)39(73)35(12)69)3-13(47)24(58)9(25(59)14(3)48)43-75-44(10-26(60)15(49)4(16(50)27(10)61)6-19(53)30(64)36(70)31(65)20(6)54)77-45(76-43)11-28(62)17(51)5(18(52)29(11)63)7-21(55)32(66)37(71)33(67)22(7)56. The molecule has 0 saturated carbocycles. The van der Waals surface area contributed by atoms with Gasteiger partial charge >= 0.3 is 0 Å². The third-order valence-electron chi connectivity index (χ3n) is 14.1. The molecule has 0 fully saturated rings. The van der Waals surface area contributed by atoms with E-state index in [2.05, 4.69) is 0 Å². The first-order valence-corrected chi connectivity index (χ1v) is 23.2. The van der Waals surface area contributed by atoms with E-state index in [0.29, 0.717) is 20.2 Å². The maximum absolute atomic E-state index is 7.04. The molecule has 2 heterocycles. The van der Waals surface area contributed by atoms with E-state index in [9.17, 15) is 0 Å². The van der Waals surface area contributed by atoms with E-state index in [0.717, 1.165) is 11.3 Å². The molecule has 0 N–H and O–H groups in total. The van der Waals surface area contributed by atoms with Gasteiger partial charge in [-0.25, -0.2) is 15.0 Å². The number of thiophene rings is 1. The van der Waals surface area contributed by atoms with Crippen LogP contribution in [-0.4, -0.2) is 242 Å². The fourth-order valence-corrected chi connectivity index (χ4v) is 10.9. The van der Waals surface area contributed by atoms with Gasteiger partial charge in [-0.1, -0.05) is 109 Å². The average molecular weight is 928 g/mol. The highest BCUT2D eigenvalue weighted by Crippen LogP contribution is 2.35. The van der Waals surface area contributed by atoms with Crippen LogP contribution >= 0.6 is 11.3 Å². The SMILES string of the molecule is [B]c1c([B])c([B])c(-c2c([B])c([B])c(-c3nc(-c4c([B])c([B])c(-c5c([B])c([B])c([B])c([B])c5[B])c([B])c4[B])nc(-c4c([B])c([B])c(-c5c([B])c([B])c([B])c6sc7c([B])c([B])c([B])c([B])c7c56)c([B])c4[B])n3)c([B])c2[B])c([B])c1[B]. The fourth-order valence-electron chi connectivity index (χ4n) is 9.62.